The average Bonchev–Trinajstić information content (AvgIpc) is 2.68. The Balaban J connectivity index is 2.33. The summed E-state index contributed by atoms with van der Waals surface area (Å²) in [5, 5.41) is 0. The maximum atomic E-state index is 5.73. The molecule has 0 aliphatic rings. The van der Waals surface area contributed by atoms with E-state index in [4.69, 9.17) is 5.73 Å². The molecule has 1 heterocycles. The predicted octanol–water partition coefficient (Wildman–Crippen LogP) is 2.70. The largest absolute Gasteiger partial charge is 0.341 e. The summed E-state index contributed by atoms with van der Waals surface area (Å²) in [6.45, 7) is 1.91. The Morgan fingerprint density at radius 2 is 2.00 bits per heavy atom. The zero-order chi connectivity index (χ0) is 10.8. The first-order chi connectivity index (χ1) is 7.16. The van der Waals surface area contributed by atoms with Gasteiger partial charge in [0, 0.05) is 3.57 Å². The minimum Gasteiger partial charge on any atom is -0.341 e. The number of nitrogens with zero attached hydrogens (tertiary/aromatic N) is 1. The van der Waals surface area contributed by atoms with Crippen LogP contribution in [0, 0.1) is 3.57 Å². The van der Waals surface area contributed by atoms with Crippen LogP contribution in [0.4, 0.5) is 0 Å². The van der Waals surface area contributed by atoms with Crippen LogP contribution in [0.5, 0.6) is 0 Å². The van der Waals surface area contributed by atoms with Gasteiger partial charge in [0.25, 0.3) is 0 Å². The zero-order valence-corrected chi connectivity index (χ0v) is 10.5. The van der Waals surface area contributed by atoms with Crippen molar-refractivity contribution < 1.29 is 0 Å². The van der Waals surface area contributed by atoms with Gasteiger partial charge in [-0.05, 0) is 47.2 Å². The van der Waals surface area contributed by atoms with E-state index in [1.54, 1.807) is 0 Å². The van der Waals surface area contributed by atoms with E-state index in [9.17, 15) is 0 Å². The lowest BCUT2D eigenvalue weighted by Gasteiger charge is -2.00. The van der Waals surface area contributed by atoms with Gasteiger partial charge in [-0.1, -0.05) is 12.1 Å². The van der Waals surface area contributed by atoms with Crippen molar-refractivity contribution in [1.82, 2.24) is 9.97 Å². The van der Waals surface area contributed by atoms with Crippen LogP contribution in [0.15, 0.2) is 30.5 Å². The lowest BCUT2D eigenvalue weighted by atomic mass is 10.2. The molecule has 0 saturated carbocycles. The van der Waals surface area contributed by atoms with Crippen molar-refractivity contribution in [2.45, 2.75) is 13.0 Å². The summed E-state index contributed by atoms with van der Waals surface area (Å²) >= 11 is 2.29. The number of halogens is 1. The van der Waals surface area contributed by atoms with Crippen molar-refractivity contribution in [2.75, 3.05) is 0 Å². The maximum absolute atomic E-state index is 5.73. The molecule has 1 aromatic carbocycles. The second-order valence-electron chi connectivity index (χ2n) is 3.48. The molecule has 78 valence electrons. The van der Waals surface area contributed by atoms with E-state index in [2.05, 4.69) is 56.8 Å². The van der Waals surface area contributed by atoms with Gasteiger partial charge in [-0.3, -0.25) is 0 Å². The van der Waals surface area contributed by atoms with E-state index in [0.717, 1.165) is 17.1 Å². The highest BCUT2D eigenvalue weighted by Crippen LogP contribution is 2.19. The molecular formula is C11H12IN3. The van der Waals surface area contributed by atoms with Gasteiger partial charge in [0.05, 0.1) is 17.9 Å². The molecule has 0 bridgehead atoms. The van der Waals surface area contributed by atoms with Crippen molar-refractivity contribution in [3.8, 4) is 11.3 Å². The summed E-state index contributed by atoms with van der Waals surface area (Å²) in [6.07, 6.45) is 1.82. The number of rotatable bonds is 2. The smallest absolute Gasteiger partial charge is 0.123 e. The van der Waals surface area contributed by atoms with Crippen molar-refractivity contribution in [2.24, 2.45) is 5.73 Å². The molecule has 4 heteroatoms. The van der Waals surface area contributed by atoms with Crippen molar-refractivity contribution in [3.05, 3.63) is 39.9 Å². The maximum Gasteiger partial charge on any atom is 0.123 e. The van der Waals surface area contributed by atoms with Crippen LogP contribution in [-0.2, 0) is 0 Å². The lowest BCUT2D eigenvalue weighted by molar-refractivity contribution is 0.756. The number of hydrogen-bond donors (Lipinski definition) is 2. The van der Waals surface area contributed by atoms with Gasteiger partial charge in [0.2, 0.25) is 0 Å². The normalized spacial score (nSPS) is 12.7. The van der Waals surface area contributed by atoms with Gasteiger partial charge in [0.15, 0.2) is 0 Å². The van der Waals surface area contributed by atoms with Crippen LogP contribution in [-0.4, -0.2) is 9.97 Å². The fraction of sp³-hybridized carbons (Fsp3) is 0.182. The number of imidazole rings is 1. The first kappa shape index (κ1) is 10.6. The van der Waals surface area contributed by atoms with Gasteiger partial charge in [-0.2, -0.15) is 0 Å². The Morgan fingerprint density at radius 1 is 1.33 bits per heavy atom. The molecule has 0 radical (unpaired) electrons. The molecule has 3 N–H and O–H groups in total. The molecule has 1 unspecified atom stereocenters. The minimum atomic E-state index is -0.0531. The van der Waals surface area contributed by atoms with Crippen molar-refractivity contribution >= 4 is 22.6 Å². The summed E-state index contributed by atoms with van der Waals surface area (Å²) < 4.78 is 1.23. The molecule has 3 nitrogen and oxygen atoms in total. The first-order valence-electron chi connectivity index (χ1n) is 4.73. The quantitative estimate of drug-likeness (QED) is 0.838. The molecule has 1 aromatic heterocycles. The molecule has 15 heavy (non-hydrogen) atoms. The summed E-state index contributed by atoms with van der Waals surface area (Å²) in [5.41, 5.74) is 7.88. The van der Waals surface area contributed by atoms with E-state index in [1.807, 2.05) is 13.1 Å². The lowest BCUT2D eigenvalue weighted by Crippen LogP contribution is -2.06. The number of nitrogens with two attached hydrogens (primary N) is 1. The molecule has 1 atom stereocenters. The fourth-order valence-electron chi connectivity index (χ4n) is 1.34. The molecule has 2 rings (SSSR count). The molecule has 0 spiro atoms. The minimum absolute atomic E-state index is 0.0531. The first-order valence-corrected chi connectivity index (χ1v) is 5.81. The summed E-state index contributed by atoms with van der Waals surface area (Å²) in [5.74, 6) is 0.823. The van der Waals surface area contributed by atoms with Crippen molar-refractivity contribution in [3.63, 3.8) is 0 Å². The SMILES string of the molecule is CC(N)c1ncc(-c2ccc(I)cc2)[nH]1. The van der Waals surface area contributed by atoms with E-state index >= 15 is 0 Å². The van der Waals surface area contributed by atoms with E-state index in [0.29, 0.717) is 0 Å². The van der Waals surface area contributed by atoms with E-state index < -0.39 is 0 Å². The number of H-pyrrole nitrogens is 1. The Morgan fingerprint density at radius 3 is 2.53 bits per heavy atom. The molecular weight excluding hydrogens is 301 g/mol. The van der Waals surface area contributed by atoms with Crippen LogP contribution in [0.1, 0.15) is 18.8 Å². The molecule has 2 aromatic rings. The summed E-state index contributed by atoms with van der Waals surface area (Å²) in [7, 11) is 0. The number of benzene rings is 1. The molecule has 0 saturated heterocycles. The zero-order valence-electron chi connectivity index (χ0n) is 8.37. The molecule has 0 fully saturated rings. The second-order valence-corrected chi connectivity index (χ2v) is 4.72. The molecule has 0 amide bonds. The van der Waals surface area contributed by atoms with Gasteiger partial charge in [-0.15, -0.1) is 0 Å². The fourth-order valence-corrected chi connectivity index (χ4v) is 1.70. The number of aromatic nitrogens is 2. The van der Waals surface area contributed by atoms with E-state index in [-0.39, 0.29) is 6.04 Å². The molecule has 0 aliphatic carbocycles. The highest BCUT2D eigenvalue weighted by atomic mass is 127. The second kappa shape index (κ2) is 4.32. The monoisotopic (exact) mass is 313 g/mol. The molecule has 0 aliphatic heterocycles. The highest BCUT2D eigenvalue weighted by Gasteiger charge is 2.05. The Kier molecular flexibility index (Phi) is 3.06. The van der Waals surface area contributed by atoms with Crippen LogP contribution in [0.2, 0.25) is 0 Å². The van der Waals surface area contributed by atoms with Gasteiger partial charge in [-0.25, -0.2) is 4.98 Å². The standard InChI is InChI=1S/C11H12IN3/c1-7(13)11-14-6-10(15-11)8-2-4-9(12)5-3-8/h2-7H,13H2,1H3,(H,14,15). The Bertz CT molecular complexity index is 445. The van der Waals surface area contributed by atoms with E-state index in [1.165, 1.54) is 3.57 Å². The van der Waals surface area contributed by atoms with Crippen LogP contribution in [0.25, 0.3) is 11.3 Å². The number of nitrogens with one attached hydrogen (secondary N) is 1. The topological polar surface area (TPSA) is 54.7 Å². The predicted molar refractivity (Wildman–Crippen MR) is 69.3 cm³/mol. The number of hydrogen-bond acceptors (Lipinski definition) is 2. The Labute approximate surface area is 102 Å². The van der Waals surface area contributed by atoms with Crippen LogP contribution >= 0.6 is 22.6 Å². The van der Waals surface area contributed by atoms with Crippen LogP contribution < -0.4 is 5.73 Å². The van der Waals surface area contributed by atoms with Gasteiger partial charge < -0.3 is 10.7 Å². The average molecular weight is 313 g/mol. The summed E-state index contributed by atoms with van der Waals surface area (Å²) in [6, 6.07) is 8.23. The highest BCUT2D eigenvalue weighted by molar-refractivity contribution is 14.1. The van der Waals surface area contributed by atoms with Gasteiger partial charge >= 0.3 is 0 Å². The van der Waals surface area contributed by atoms with Gasteiger partial charge in [0.1, 0.15) is 5.82 Å². The third kappa shape index (κ3) is 2.38. The third-order valence-electron chi connectivity index (χ3n) is 2.18. The Hall–Kier alpha value is -0.880. The number of aromatic amines is 1. The van der Waals surface area contributed by atoms with Crippen molar-refractivity contribution in [1.29, 1.82) is 0 Å². The van der Waals surface area contributed by atoms with Crippen LogP contribution in [0.3, 0.4) is 0 Å². The summed E-state index contributed by atoms with van der Waals surface area (Å²) in [4.78, 5) is 7.44. The third-order valence-corrected chi connectivity index (χ3v) is 2.90.